The Morgan fingerprint density at radius 3 is 2.55 bits per heavy atom. The van der Waals surface area contributed by atoms with E-state index >= 15 is 0 Å². The summed E-state index contributed by atoms with van der Waals surface area (Å²) in [6, 6.07) is 12.4. The number of nitrogens with zero attached hydrogens (tertiary/aromatic N) is 1. The smallest absolute Gasteiger partial charge is 0.255 e. The fourth-order valence-electron chi connectivity index (χ4n) is 3.23. The van der Waals surface area contributed by atoms with Crippen molar-refractivity contribution in [2.45, 2.75) is 33.1 Å². The van der Waals surface area contributed by atoms with Gasteiger partial charge in [0.2, 0.25) is 0 Å². The average Bonchev–Trinajstić information content (AvgIpc) is 3.23. The predicted molar refractivity (Wildman–Crippen MR) is 119 cm³/mol. The first kappa shape index (κ1) is 21.4. The van der Waals surface area contributed by atoms with E-state index in [1.54, 1.807) is 30.3 Å². The Morgan fingerprint density at radius 1 is 1.14 bits per heavy atom. The van der Waals surface area contributed by atoms with Crippen molar-refractivity contribution in [1.82, 2.24) is 4.90 Å². The largest absolute Gasteiger partial charge is 0.492 e. The second-order valence-corrected chi connectivity index (χ2v) is 8.53. The van der Waals surface area contributed by atoms with Crippen LogP contribution in [-0.2, 0) is 0 Å². The molecule has 0 atom stereocenters. The molecule has 0 aliphatic carbocycles. The topological polar surface area (TPSA) is 58.6 Å². The van der Waals surface area contributed by atoms with Gasteiger partial charge in [-0.1, -0.05) is 26.0 Å². The van der Waals surface area contributed by atoms with Gasteiger partial charge in [-0.25, -0.2) is 0 Å². The molecule has 154 valence electrons. The Labute approximate surface area is 180 Å². The van der Waals surface area contributed by atoms with Gasteiger partial charge in [0.25, 0.3) is 11.8 Å². The summed E-state index contributed by atoms with van der Waals surface area (Å²) in [6.07, 6.45) is 3.02. The van der Waals surface area contributed by atoms with Gasteiger partial charge in [0.1, 0.15) is 5.75 Å². The van der Waals surface area contributed by atoms with E-state index in [2.05, 4.69) is 35.1 Å². The molecule has 2 aromatic rings. The minimum Gasteiger partial charge on any atom is -0.492 e. The summed E-state index contributed by atoms with van der Waals surface area (Å²) in [4.78, 5) is 27.4. The number of halogens is 1. The van der Waals surface area contributed by atoms with Crippen molar-refractivity contribution in [3.8, 4) is 5.75 Å². The van der Waals surface area contributed by atoms with Crippen LogP contribution in [0.3, 0.4) is 0 Å². The first-order valence-corrected chi connectivity index (χ1v) is 10.9. The highest BCUT2D eigenvalue weighted by molar-refractivity contribution is 9.10. The second kappa shape index (κ2) is 9.92. The maximum Gasteiger partial charge on any atom is 0.255 e. The summed E-state index contributed by atoms with van der Waals surface area (Å²) >= 11 is 3.48. The second-order valence-electron chi connectivity index (χ2n) is 7.68. The minimum atomic E-state index is -0.263. The lowest BCUT2D eigenvalue weighted by Crippen LogP contribution is -2.28. The summed E-state index contributed by atoms with van der Waals surface area (Å²) in [7, 11) is 0. The van der Waals surface area contributed by atoms with Gasteiger partial charge in [0.05, 0.1) is 22.3 Å². The van der Waals surface area contributed by atoms with Gasteiger partial charge in [-0.15, -0.1) is 0 Å². The predicted octanol–water partition coefficient (Wildman–Crippen LogP) is 5.36. The van der Waals surface area contributed by atoms with Crippen molar-refractivity contribution in [3.05, 3.63) is 58.1 Å². The molecule has 0 saturated carbocycles. The zero-order valence-electron chi connectivity index (χ0n) is 16.9. The summed E-state index contributed by atoms with van der Waals surface area (Å²) in [5.74, 6) is 0.989. The van der Waals surface area contributed by atoms with Crippen LogP contribution < -0.4 is 10.1 Å². The van der Waals surface area contributed by atoms with Gasteiger partial charge in [0.15, 0.2) is 0 Å². The first-order chi connectivity index (χ1) is 14.0. The van der Waals surface area contributed by atoms with E-state index in [0.717, 1.165) is 36.8 Å². The molecule has 2 amide bonds. The van der Waals surface area contributed by atoms with Gasteiger partial charge in [-0.2, -0.15) is 0 Å². The first-order valence-electron chi connectivity index (χ1n) is 10.1. The zero-order valence-corrected chi connectivity index (χ0v) is 18.5. The van der Waals surface area contributed by atoms with Crippen LogP contribution in [0.5, 0.6) is 5.75 Å². The van der Waals surface area contributed by atoms with Crippen LogP contribution in [0.25, 0.3) is 0 Å². The molecule has 3 rings (SSSR count). The van der Waals surface area contributed by atoms with E-state index in [-0.39, 0.29) is 11.8 Å². The van der Waals surface area contributed by atoms with E-state index in [1.807, 2.05) is 17.0 Å². The molecule has 1 aliphatic rings. The highest BCUT2D eigenvalue weighted by Crippen LogP contribution is 2.27. The zero-order chi connectivity index (χ0) is 20.8. The highest BCUT2D eigenvalue weighted by atomic mass is 79.9. The van der Waals surface area contributed by atoms with Gasteiger partial charge in [-0.3, -0.25) is 9.59 Å². The molecular weight excluding hydrogens is 432 g/mol. The number of carbonyl (C=O) groups is 2. The van der Waals surface area contributed by atoms with Crippen LogP contribution in [0.4, 0.5) is 5.69 Å². The summed E-state index contributed by atoms with van der Waals surface area (Å²) < 4.78 is 6.51. The molecule has 5 nitrogen and oxygen atoms in total. The number of anilines is 1. The number of benzene rings is 2. The maximum atomic E-state index is 12.8. The van der Waals surface area contributed by atoms with Crippen LogP contribution in [0.2, 0.25) is 0 Å². The van der Waals surface area contributed by atoms with E-state index in [9.17, 15) is 9.59 Å². The third-order valence-corrected chi connectivity index (χ3v) is 5.57. The van der Waals surface area contributed by atoms with E-state index in [4.69, 9.17) is 4.74 Å². The van der Waals surface area contributed by atoms with Crippen LogP contribution in [0.1, 0.15) is 53.8 Å². The van der Waals surface area contributed by atoms with Crippen LogP contribution >= 0.6 is 15.9 Å². The van der Waals surface area contributed by atoms with Crippen LogP contribution in [-0.4, -0.2) is 36.4 Å². The Hall–Kier alpha value is -2.34. The van der Waals surface area contributed by atoms with E-state index in [1.165, 1.54) is 0 Å². The molecule has 1 heterocycles. The molecule has 0 radical (unpaired) electrons. The van der Waals surface area contributed by atoms with E-state index < -0.39 is 0 Å². The van der Waals surface area contributed by atoms with Crippen LogP contribution in [0.15, 0.2) is 46.9 Å². The summed E-state index contributed by atoms with van der Waals surface area (Å²) in [6.45, 7) is 6.47. The molecule has 0 unspecified atom stereocenters. The number of carbonyl (C=O) groups excluding carboxylic acids is 2. The van der Waals surface area contributed by atoms with Crippen LogP contribution in [0, 0.1) is 5.92 Å². The number of para-hydroxylation sites is 1. The Balaban J connectivity index is 1.70. The average molecular weight is 459 g/mol. The number of hydrogen-bond acceptors (Lipinski definition) is 3. The van der Waals surface area contributed by atoms with E-state index in [0.29, 0.717) is 35.1 Å². The Morgan fingerprint density at radius 2 is 1.86 bits per heavy atom. The number of likely N-dealkylation sites (tertiary alicyclic amines) is 1. The standard InChI is InChI=1S/C23H27BrN2O3/c1-16(2)11-14-29-21-10-9-17(15-19(21)24)22(27)25-20-8-4-3-7-18(20)23(28)26-12-5-6-13-26/h3-4,7-10,15-16H,5-6,11-14H2,1-2H3,(H,25,27). The Kier molecular flexibility index (Phi) is 7.31. The summed E-state index contributed by atoms with van der Waals surface area (Å²) in [5.41, 5.74) is 1.55. The van der Waals surface area contributed by atoms with Crippen molar-refractivity contribution in [2.75, 3.05) is 25.0 Å². The van der Waals surface area contributed by atoms with Gasteiger partial charge >= 0.3 is 0 Å². The lowest BCUT2D eigenvalue weighted by molar-refractivity contribution is 0.0794. The third-order valence-electron chi connectivity index (χ3n) is 4.95. The highest BCUT2D eigenvalue weighted by Gasteiger charge is 2.22. The molecule has 2 aromatic carbocycles. The molecular formula is C23H27BrN2O3. The lowest BCUT2D eigenvalue weighted by Gasteiger charge is -2.18. The molecule has 6 heteroatoms. The van der Waals surface area contributed by atoms with Gasteiger partial charge < -0.3 is 15.0 Å². The molecule has 1 N–H and O–H groups in total. The molecule has 0 aromatic heterocycles. The normalized spacial score (nSPS) is 13.6. The fraction of sp³-hybridized carbons (Fsp3) is 0.391. The summed E-state index contributed by atoms with van der Waals surface area (Å²) in [5, 5.41) is 2.89. The Bertz CT molecular complexity index is 876. The molecule has 0 bridgehead atoms. The molecule has 1 fully saturated rings. The number of amides is 2. The van der Waals surface area contributed by atoms with Crippen molar-refractivity contribution in [2.24, 2.45) is 5.92 Å². The van der Waals surface area contributed by atoms with Gasteiger partial charge in [0, 0.05) is 18.7 Å². The number of ether oxygens (including phenoxy) is 1. The number of nitrogens with one attached hydrogen (secondary N) is 1. The SMILES string of the molecule is CC(C)CCOc1ccc(C(=O)Nc2ccccc2C(=O)N2CCCC2)cc1Br. The molecule has 1 saturated heterocycles. The van der Waals surface area contributed by atoms with Crippen molar-refractivity contribution in [1.29, 1.82) is 0 Å². The number of hydrogen-bond donors (Lipinski definition) is 1. The fourth-order valence-corrected chi connectivity index (χ4v) is 3.72. The molecule has 29 heavy (non-hydrogen) atoms. The van der Waals surface area contributed by atoms with Crippen molar-refractivity contribution < 1.29 is 14.3 Å². The molecule has 1 aliphatic heterocycles. The number of rotatable bonds is 7. The molecule has 0 spiro atoms. The minimum absolute atomic E-state index is 0.0338. The maximum absolute atomic E-state index is 12.8. The monoisotopic (exact) mass is 458 g/mol. The van der Waals surface area contributed by atoms with Gasteiger partial charge in [-0.05, 0) is 71.4 Å². The van der Waals surface area contributed by atoms with Crippen molar-refractivity contribution >= 4 is 33.4 Å². The quantitative estimate of drug-likeness (QED) is 0.606. The van der Waals surface area contributed by atoms with Crippen molar-refractivity contribution in [3.63, 3.8) is 0 Å². The lowest BCUT2D eigenvalue weighted by atomic mass is 10.1. The third kappa shape index (κ3) is 5.60.